The van der Waals surface area contributed by atoms with E-state index in [1.807, 2.05) is 78.2 Å². The summed E-state index contributed by atoms with van der Waals surface area (Å²) in [6, 6.07) is 22.6. The van der Waals surface area contributed by atoms with E-state index < -0.39 is 6.64 Å². The Morgan fingerprint density at radius 3 is 1.96 bits per heavy atom. The average molecular weight is 374 g/mol. The molecule has 1 N–H and O–H groups in total. The summed E-state index contributed by atoms with van der Waals surface area (Å²) in [7, 11) is 0. The fourth-order valence-corrected chi connectivity index (χ4v) is 4.19. The molecule has 0 saturated heterocycles. The molecule has 0 fully saturated rings. The van der Waals surface area contributed by atoms with E-state index in [2.05, 4.69) is 10.3 Å². The van der Waals surface area contributed by atoms with Gasteiger partial charge in [-0.3, -0.25) is 0 Å². The first-order valence-corrected chi connectivity index (χ1v) is 10.7. The Bertz CT molecular complexity index is 779. The SMILES string of the molecule is S=P(N/N=C/c1cccs1)(Oc1ccccc1)Oc1ccccc1. The smallest absolute Gasteiger partial charge is 0.408 e. The van der Waals surface area contributed by atoms with Gasteiger partial charge < -0.3 is 9.05 Å². The zero-order valence-electron chi connectivity index (χ0n) is 12.6. The van der Waals surface area contributed by atoms with Gasteiger partial charge in [0.1, 0.15) is 11.5 Å². The van der Waals surface area contributed by atoms with E-state index in [-0.39, 0.29) is 0 Å². The lowest BCUT2D eigenvalue weighted by Gasteiger charge is -2.22. The molecule has 0 bridgehead atoms. The summed E-state index contributed by atoms with van der Waals surface area (Å²) in [5.74, 6) is 1.27. The van der Waals surface area contributed by atoms with Crippen LogP contribution >= 0.6 is 18.0 Å². The third-order valence-electron chi connectivity index (χ3n) is 2.85. The third-order valence-corrected chi connectivity index (χ3v) is 5.61. The van der Waals surface area contributed by atoms with E-state index >= 15 is 0 Å². The molecule has 3 aromatic rings. The summed E-state index contributed by atoms with van der Waals surface area (Å²) in [4.78, 5) is 1.02. The summed E-state index contributed by atoms with van der Waals surface area (Å²) >= 11 is 7.19. The van der Waals surface area contributed by atoms with Crippen molar-refractivity contribution in [2.75, 3.05) is 0 Å². The highest BCUT2D eigenvalue weighted by atomic mass is 32.5. The summed E-state index contributed by atoms with van der Waals surface area (Å²) in [6.07, 6.45) is 1.70. The van der Waals surface area contributed by atoms with E-state index in [1.165, 1.54) is 0 Å². The van der Waals surface area contributed by atoms with Gasteiger partial charge in [0.05, 0.1) is 6.21 Å². The average Bonchev–Trinajstić information content (AvgIpc) is 3.10. The molecular formula is C17H15N2O2PS2. The zero-order valence-corrected chi connectivity index (χ0v) is 15.1. The standard InChI is InChI=1S/C17H15N2O2PS2/c23-22(20-15-8-3-1-4-9-15,21-16-10-5-2-6-11-16)19-18-14-17-12-7-13-24-17/h1-14H,(H,19,23)/b18-14+. The van der Waals surface area contributed by atoms with E-state index in [0.29, 0.717) is 11.5 Å². The monoisotopic (exact) mass is 374 g/mol. The minimum Gasteiger partial charge on any atom is -0.420 e. The lowest BCUT2D eigenvalue weighted by molar-refractivity contribution is 0.472. The molecule has 4 nitrogen and oxygen atoms in total. The van der Waals surface area contributed by atoms with Crippen LogP contribution < -0.4 is 14.2 Å². The molecule has 24 heavy (non-hydrogen) atoms. The molecule has 1 aromatic heterocycles. The minimum atomic E-state index is -2.89. The quantitative estimate of drug-likeness (QED) is 0.357. The number of nitrogens with zero attached hydrogens (tertiary/aromatic N) is 1. The minimum absolute atomic E-state index is 0.635. The van der Waals surface area contributed by atoms with Crippen molar-refractivity contribution < 1.29 is 9.05 Å². The first-order chi connectivity index (χ1) is 11.7. The summed E-state index contributed by atoms with van der Waals surface area (Å²) in [5.41, 5.74) is 0. The van der Waals surface area contributed by atoms with Crippen LogP contribution in [0.4, 0.5) is 0 Å². The van der Waals surface area contributed by atoms with Crippen molar-refractivity contribution in [3.8, 4) is 11.5 Å². The first kappa shape index (κ1) is 16.7. The van der Waals surface area contributed by atoms with Crippen LogP contribution in [0.15, 0.2) is 83.3 Å². The van der Waals surface area contributed by atoms with Crippen LogP contribution in [0.5, 0.6) is 11.5 Å². The topological polar surface area (TPSA) is 42.9 Å². The second kappa shape index (κ2) is 8.11. The van der Waals surface area contributed by atoms with Crippen LogP contribution in [0.2, 0.25) is 0 Å². The van der Waals surface area contributed by atoms with Crippen LogP contribution in [0.3, 0.4) is 0 Å². The first-order valence-electron chi connectivity index (χ1n) is 7.17. The Kier molecular flexibility index (Phi) is 5.64. The van der Waals surface area contributed by atoms with Crippen LogP contribution in [0.25, 0.3) is 0 Å². The Hall–Kier alpha value is -2.14. The van der Waals surface area contributed by atoms with Gasteiger partial charge in [-0.25, -0.2) is 5.20 Å². The number of hydrogen-bond acceptors (Lipinski definition) is 5. The third kappa shape index (κ3) is 4.93. The molecule has 0 aliphatic heterocycles. The molecule has 0 aliphatic rings. The Balaban J connectivity index is 1.78. The van der Waals surface area contributed by atoms with Crippen molar-refractivity contribution in [2.24, 2.45) is 5.10 Å². The number of hydrogen-bond donors (Lipinski definition) is 1. The van der Waals surface area contributed by atoms with Crippen LogP contribution in [-0.4, -0.2) is 6.21 Å². The van der Waals surface area contributed by atoms with Crippen LogP contribution in [0, 0.1) is 0 Å². The van der Waals surface area contributed by atoms with Gasteiger partial charge in [0.15, 0.2) is 0 Å². The molecule has 7 heteroatoms. The zero-order chi connectivity index (χ0) is 16.7. The Morgan fingerprint density at radius 2 is 1.46 bits per heavy atom. The molecule has 0 spiro atoms. The maximum Gasteiger partial charge on any atom is 0.408 e. The van der Waals surface area contributed by atoms with E-state index in [4.69, 9.17) is 20.9 Å². The largest absolute Gasteiger partial charge is 0.420 e. The highest BCUT2D eigenvalue weighted by Crippen LogP contribution is 2.45. The molecule has 1 heterocycles. The van der Waals surface area contributed by atoms with Gasteiger partial charge in [-0.15, -0.1) is 11.3 Å². The van der Waals surface area contributed by atoms with Gasteiger partial charge in [-0.1, -0.05) is 42.5 Å². The highest BCUT2D eigenvalue weighted by molar-refractivity contribution is 8.09. The number of benzene rings is 2. The van der Waals surface area contributed by atoms with Crippen LogP contribution in [0.1, 0.15) is 4.88 Å². The van der Waals surface area contributed by atoms with Crippen molar-refractivity contribution in [3.05, 3.63) is 83.1 Å². The second-order valence-electron chi connectivity index (χ2n) is 4.68. The maximum atomic E-state index is 5.91. The molecule has 122 valence electrons. The predicted octanol–water partition coefficient (Wildman–Crippen LogP) is 5.05. The molecule has 0 aliphatic carbocycles. The van der Waals surface area contributed by atoms with Gasteiger partial charge in [0.2, 0.25) is 0 Å². The van der Waals surface area contributed by atoms with Gasteiger partial charge in [0.25, 0.3) is 0 Å². The Labute approximate surface area is 150 Å². The number of hydrazone groups is 1. The van der Waals surface area contributed by atoms with Gasteiger partial charge in [-0.2, -0.15) is 5.10 Å². The van der Waals surface area contributed by atoms with E-state index in [1.54, 1.807) is 17.6 Å². The summed E-state index contributed by atoms with van der Waals surface area (Å²) in [6.45, 7) is -2.89. The predicted molar refractivity (Wildman–Crippen MR) is 103 cm³/mol. The number of para-hydroxylation sites is 2. The van der Waals surface area contributed by atoms with Crippen LogP contribution in [-0.2, 0) is 11.8 Å². The number of rotatable bonds is 7. The van der Waals surface area contributed by atoms with E-state index in [9.17, 15) is 0 Å². The number of thiophene rings is 1. The second-order valence-corrected chi connectivity index (χ2v) is 8.66. The molecule has 0 unspecified atom stereocenters. The van der Waals surface area contributed by atoms with Gasteiger partial charge >= 0.3 is 6.64 Å². The molecule has 0 atom stereocenters. The molecule has 0 amide bonds. The van der Waals surface area contributed by atoms with Gasteiger partial charge in [-0.05, 0) is 35.7 Å². The lowest BCUT2D eigenvalue weighted by atomic mass is 10.3. The molecule has 3 rings (SSSR count). The fraction of sp³-hybridized carbons (Fsp3) is 0. The normalized spacial score (nSPS) is 11.3. The highest BCUT2D eigenvalue weighted by Gasteiger charge is 2.22. The van der Waals surface area contributed by atoms with Gasteiger partial charge in [0, 0.05) is 16.7 Å². The lowest BCUT2D eigenvalue weighted by Crippen LogP contribution is -2.13. The number of nitrogens with one attached hydrogen (secondary N) is 1. The van der Waals surface area contributed by atoms with Crippen molar-refractivity contribution in [1.82, 2.24) is 5.20 Å². The molecular weight excluding hydrogens is 359 g/mol. The Morgan fingerprint density at radius 1 is 0.875 bits per heavy atom. The van der Waals surface area contributed by atoms with E-state index in [0.717, 1.165) is 4.88 Å². The molecule has 0 radical (unpaired) electrons. The van der Waals surface area contributed by atoms with Crippen molar-refractivity contribution in [1.29, 1.82) is 0 Å². The molecule has 2 aromatic carbocycles. The fourth-order valence-electron chi connectivity index (χ4n) is 1.83. The molecule has 0 saturated carbocycles. The van der Waals surface area contributed by atoms with Crippen molar-refractivity contribution >= 4 is 36.0 Å². The summed E-state index contributed by atoms with van der Waals surface area (Å²) < 4.78 is 11.8. The summed E-state index contributed by atoms with van der Waals surface area (Å²) in [5, 5.41) is 9.08. The van der Waals surface area contributed by atoms with Crippen molar-refractivity contribution in [2.45, 2.75) is 0 Å². The van der Waals surface area contributed by atoms with Crippen molar-refractivity contribution in [3.63, 3.8) is 0 Å². The maximum absolute atomic E-state index is 5.91.